The van der Waals surface area contributed by atoms with E-state index in [0.29, 0.717) is 65.1 Å². The molecule has 2 fully saturated rings. The summed E-state index contributed by atoms with van der Waals surface area (Å²) in [5, 5.41) is 36.4. The number of Topliss-reactive ketones (excluding diaryl/α,β-unsaturated/α-hetero) is 1. The first kappa shape index (κ1) is 44.6. The molecule has 2 aliphatic heterocycles. The van der Waals surface area contributed by atoms with Gasteiger partial charge in [-0.25, -0.2) is 9.59 Å². The van der Waals surface area contributed by atoms with E-state index in [-0.39, 0.29) is 11.8 Å². The SMILES string of the molecule is CC(=O)c1cccc(C2(O)C(C)N(c3ccc(Cl)cc3)C(=O)N2c2ccc(Cl)cc2)c1.CC(O)c1cccc(C2(O)C(C)N(c3ccc(Cl)cc3)C(=O)N2c2ccc(Cl)cc2)c1. The Bertz CT molecular complexity index is 2610. The van der Waals surface area contributed by atoms with Gasteiger partial charge in [0.15, 0.2) is 17.2 Å². The van der Waals surface area contributed by atoms with Crippen LogP contribution in [0.25, 0.3) is 0 Å². The van der Waals surface area contributed by atoms with Crippen LogP contribution in [-0.2, 0) is 11.4 Å². The summed E-state index contributed by atoms with van der Waals surface area (Å²) in [4.78, 5) is 45.1. The average Bonchev–Trinajstić information content (AvgIpc) is 3.59. The molecule has 5 atom stereocenters. The molecule has 3 N–H and O–H groups in total. The van der Waals surface area contributed by atoms with E-state index in [2.05, 4.69) is 0 Å². The second-order valence-electron chi connectivity index (χ2n) is 15.1. The van der Waals surface area contributed by atoms with Crippen molar-refractivity contribution in [2.45, 2.75) is 57.3 Å². The molecule has 14 heteroatoms. The average molecular weight is 913 g/mol. The van der Waals surface area contributed by atoms with Crippen molar-refractivity contribution in [2.75, 3.05) is 19.6 Å². The lowest BCUT2D eigenvalue weighted by atomic mass is 9.92. The molecule has 0 bridgehead atoms. The van der Waals surface area contributed by atoms with Crippen LogP contribution in [0.4, 0.5) is 32.3 Å². The fraction of sp³-hybridized carbons (Fsp3) is 0.188. The zero-order valence-electron chi connectivity index (χ0n) is 34.0. The largest absolute Gasteiger partial charge is 0.389 e. The Kier molecular flexibility index (Phi) is 12.8. The van der Waals surface area contributed by atoms with Crippen LogP contribution in [-0.4, -0.2) is 45.2 Å². The number of carbonyl (C=O) groups excluding carboxylic acids is 3. The number of hydrogen-bond acceptors (Lipinski definition) is 6. The second kappa shape index (κ2) is 17.7. The number of amides is 4. The first-order valence-corrected chi connectivity index (χ1v) is 21.1. The third-order valence-electron chi connectivity index (χ3n) is 11.3. The van der Waals surface area contributed by atoms with E-state index >= 15 is 0 Å². The first-order valence-electron chi connectivity index (χ1n) is 19.6. The first-order chi connectivity index (χ1) is 29.5. The molecule has 2 heterocycles. The fourth-order valence-corrected chi connectivity index (χ4v) is 8.48. The molecule has 62 heavy (non-hydrogen) atoms. The molecule has 4 amide bonds. The molecule has 8 rings (SSSR count). The van der Waals surface area contributed by atoms with Crippen LogP contribution in [0.5, 0.6) is 0 Å². The third kappa shape index (κ3) is 8.16. The molecule has 6 aromatic carbocycles. The zero-order chi connectivity index (χ0) is 44.7. The van der Waals surface area contributed by atoms with E-state index in [1.54, 1.807) is 171 Å². The number of hydrogen-bond donors (Lipinski definition) is 3. The number of aliphatic hydroxyl groups is 3. The number of ketones is 1. The number of benzene rings is 6. The van der Waals surface area contributed by atoms with E-state index in [0.717, 1.165) is 0 Å². The minimum absolute atomic E-state index is 0.130. The van der Waals surface area contributed by atoms with Crippen LogP contribution in [0.15, 0.2) is 146 Å². The minimum Gasteiger partial charge on any atom is -0.389 e. The van der Waals surface area contributed by atoms with Crippen LogP contribution < -0.4 is 19.6 Å². The van der Waals surface area contributed by atoms with Crippen LogP contribution in [0.2, 0.25) is 20.1 Å². The van der Waals surface area contributed by atoms with Gasteiger partial charge in [0.2, 0.25) is 0 Å². The molecule has 10 nitrogen and oxygen atoms in total. The molecule has 2 saturated heterocycles. The molecule has 318 valence electrons. The van der Waals surface area contributed by atoms with Gasteiger partial charge in [-0.15, -0.1) is 0 Å². The maximum absolute atomic E-state index is 13.7. The highest BCUT2D eigenvalue weighted by molar-refractivity contribution is 6.31. The van der Waals surface area contributed by atoms with Crippen molar-refractivity contribution in [1.29, 1.82) is 0 Å². The highest BCUT2D eigenvalue weighted by atomic mass is 35.5. The van der Waals surface area contributed by atoms with Crippen molar-refractivity contribution < 1.29 is 29.7 Å². The molecule has 0 aromatic heterocycles. The van der Waals surface area contributed by atoms with E-state index in [9.17, 15) is 29.7 Å². The Morgan fingerprint density at radius 3 is 1.24 bits per heavy atom. The van der Waals surface area contributed by atoms with Crippen LogP contribution >= 0.6 is 46.4 Å². The normalized spacial score (nSPS) is 21.5. The van der Waals surface area contributed by atoms with Gasteiger partial charge in [0.05, 0.1) is 18.2 Å². The number of carbonyl (C=O) groups is 3. The Morgan fingerprint density at radius 1 is 0.548 bits per heavy atom. The summed E-state index contributed by atoms with van der Waals surface area (Å²) in [6.07, 6.45) is -0.715. The van der Waals surface area contributed by atoms with Crippen molar-refractivity contribution in [2.24, 2.45) is 0 Å². The van der Waals surface area contributed by atoms with E-state index < -0.39 is 35.7 Å². The summed E-state index contributed by atoms with van der Waals surface area (Å²) < 4.78 is 0. The lowest BCUT2D eigenvalue weighted by molar-refractivity contribution is 0.0367. The number of aliphatic hydroxyl groups excluding tert-OH is 1. The predicted molar refractivity (Wildman–Crippen MR) is 247 cm³/mol. The minimum atomic E-state index is -1.74. The summed E-state index contributed by atoms with van der Waals surface area (Å²) in [6.45, 7) is 6.67. The Hall–Kier alpha value is -5.43. The maximum atomic E-state index is 13.7. The molecule has 0 aliphatic carbocycles. The zero-order valence-corrected chi connectivity index (χ0v) is 37.0. The molecule has 6 aromatic rings. The smallest absolute Gasteiger partial charge is 0.332 e. The number of nitrogens with zero attached hydrogens (tertiary/aromatic N) is 4. The van der Waals surface area contributed by atoms with Crippen molar-refractivity contribution >= 4 is 87.0 Å². The molecule has 2 aliphatic rings. The lowest BCUT2D eigenvalue weighted by Crippen LogP contribution is -2.48. The number of rotatable bonds is 8. The maximum Gasteiger partial charge on any atom is 0.332 e. The van der Waals surface area contributed by atoms with Gasteiger partial charge in [0.1, 0.15) is 0 Å². The van der Waals surface area contributed by atoms with E-state index in [4.69, 9.17) is 46.4 Å². The van der Waals surface area contributed by atoms with Crippen LogP contribution in [0.1, 0.15) is 60.8 Å². The molecular weight excluding hydrogens is 870 g/mol. The number of halogens is 4. The van der Waals surface area contributed by atoms with Crippen molar-refractivity contribution in [3.8, 4) is 0 Å². The standard InChI is InChI=1S/C24H22Cl2N2O3.C24H20Cl2N2O3/c2*1-15(29)17-4-3-5-18(14-17)24(31)16(2)27(21-10-6-19(25)7-11-21)23(30)28(24)22-12-8-20(26)9-13-22/h3-16,29,31H,1-2H3;3-14,16,31H,1-2H3. The van der Waals surface area contributed by atoms with E-state index in [1.807, 2.05) is 0 Å². The lowest BCUT2D eigenvalue weighted by Gasteiger charge is -2.36. The van der Waals surface area contributed by atoms with Gasteiger partial charge >= 0.3 is 12.1 Å². The highest BCUT2D eigenvalue weighted by Gasteiger charge is 2.58. The van der Waals surface area contributed by atoms with Gasteiger partial charge in [0, 0.05) is 59.5 Å². The monoisotopic (exact) mass is 910 g/mol. The third-order valence-corrected chi connectivity index (χ3v) is 12.3. The quantitative estimate of drug-likeness (QED) is 0.131. The topological polar surface area (TPSA) is 125 Å². The van der Waals surface area contributed by atoms with Gasteiger partial charge in [0.25, 0.3) is 0 Å². The van der Waals surface area contributed by atoms with Crippen molar-refractivity contribution in [3.63, 3.8) is 0 Å². The second-order valence-corrected chi connectivity index (χ2v) is 16.9. The van der Waals surface area contributed by atoms with Crippen molar-refractivity contribution in [3.05, 3.63) is 188 Å². The molecule has 0 radical (unpaired) electrons. The Balaban J connectivity index is 0.000000186. The summed E-state index contributed by atoms with van der Waals surface area (Å²) in [5.74, 6) is -0.130. The van der Waals surface area contributed by atoms with Crippen molar-refractivity contribution in [1.82, 2.24) is 0 Å². The fourth-order valence-electron chi connectivity index (χ4n) is 7.97. The highest BCUT2D eigenvalue weighted by Crippen LogP contribution is 2.47. The molecule has 0 spiro atoms. The van der Waals surface area contributed by atoms with Gasteiger partial charge in [-0.3, -0.25) is 24.4 Å². The van der Waals surface area contributed by atoms with Crippen LogP contribution in [0.3, 0.4) is 0 Å². The van der Waals surface area contributed by atoms with Gasteiger partial charge in [-0.1, -0.05) is 82.8 Å². The Labute approximate surface area is 379 Å². The summed E-state index contributed by atoms with van der Waals surface area (Å²) in [7, 11) is 0. The van der Waals surface area contributed by atoms with Gasteiger partial charge in [-0.2, -0.15) is 0 Å². The van der Waals surface area contributed by atoms with Gasteiger partial charge < -0.3 is 15.3 Å². The number of urea groups is 2. The Morgan fingerprint density at radius 2 is 0.887 bits per heavy atom. The summed E-state index contributed by atoms with van der Waals surface area (Å²) in [5.41, 5.74) is 0.786. The molecule has 0 saturated carbocycles. The predicted octanol–water partition coefficient (Wildman–Crippen LogP) is 11.6. The summed E-state index contributed by atoms with van der Waals surface area (Å²) >= 11 is 24.1. The number of anilines is 4. The summed E-state index contributed by atoms with van der Waals surface area (Å²) in [6, 6.07) is 38.8. The van der Waals surface area contributed by atoms with Gasteiger partial charge in [-0.05, 0) is 142 Å². The van der Waals surface area contributed by atoms with E-state index in [1.165, 1.54) is 21.6 Å². The van der Waals surface area contributed by atoms with Crippen LogP contribution in [0, 0.1) is 0 Å². The molecule has 5 unspecified atom stereocenters. The molecular formula is C48H42Cl4N4O6.